The molecule has 0 radical (unpaired) electrons. The Hall–Kier alpha value is -2.53. The van der Waals surface area contributed by atoms with Gasteiger partial charge in [-0.3, -0.25) is 4.68 Å². The zero-order valence-corrected chi connectivity index (χ0v) is 14.5. The average Bonchev–Trinajstić information content (AvgIpc) is 2.92. The average molecular weight is 341 g/mol. The highest BCUT2D eigenvalue weighted by molar-refractivity contribution is 6.37. The highest BCUT2D eigenvalue weighted by Crippen LogP contribution is 2.37. The third-order valence-electron chi connectivity index (χ3n) is 4.35. The number of ether oxygens (including phenoxy) is 1. The molecule has 0 saturated carbocycles. The summed E-state index contributed by atoms with van der Waals surface area (Å²) < 4.78 is 7.09. The summed E-state index contributed by atoms with van der Waals surface area (Å²) in [7, 11) is 5.52. The van der Waals surface area contributed by atoms with Crippen LogP contribution in [0.1, 0.15) is 11.1 Å². The van der Waals surface area contributed by atoms with Crippen molar-refractivity contribution < 1.29 is 4.74 Å². The number of rotatable bonds is 3. The van der Waals surface area contributed by atoms with E-state index in [9.17, 15) is 0 Å². The van der Waals surface area contributed by atoms with E-state index in [1.807, 2.05) is 60.2 Å². The predicted octanol–water partition coefficient (Wildman–Crippen LogP) is 3.63. The lowest BCUT2D eigenvalue weighted by Crippen LogP contribution is -2.21. The van der Waals surface area contributed by atoms with Gasteiger partial charge in [-0.05, 0) is 29.8 Å². The number of hydrogen-bond acceptors (Lipinski definition) is 4. The summed E-state index contributed by atoms with van der Waals surface area (Å²) in [4.78, 5) is 0. The van der Waals surface area contributed by atoms with Gasteiger partial charge >= 0.3 is 0 Å². The summed E-state index contributed by atoms with van der Waals surface area (Å²) in [6, 6.07) is 11.9. The van der Waals surface area contributed by atoms with Crippen LogP contribution in [0.2, 0.25) is 5.02 Å². The van der Waals surface area contributed by atoms with E-state index in [1.165, 1.54) is 0 Å². The van der Waals surface area contributed by atoms with Crippen LogP contribution in [-0.2, 0) is 13.5 Å². The Labute approximate surface area is 145 Å². The molecule has 0 atom stereocenters. The van der Waals surface area contributed by atoms with E-state index in [2.05, 4.69) is 5.10 Å². The maximum Gasteiger partial charge on any atom is 0.179 e. The van der Waals surface area contributed by atoms with E-state index in [1.54, 1.807) is 7.11 Å². The number of anilines is 1. The Morgan fingerprint density at radius 3 is 2.54 bits per heavy atom. The second-order valence-electron chi connectivity index (χ2n) is 5.86. The fourth-order valence-corrected chi connectivity index (χ4v) is 3.42. The second kappa shape index (κ2) is 5.53. The minimum atomic E-state index is 0.696. The molecule has 0 amide bonds. The molecule has 2 heterocycles. The standard InChI is InChI=1S/C18H17ClN4O/c1-22-15-9-8-13(19)16-14(20-23(2)18(21-22)17(15)16)10-11-4-6-12(24-3)7-5-11/h4-9H,10H2,1-3H3. The highest BCUT2D eigenvalue weighted by Gasteiger charge is 2.26. The molecule has 0 unspecified atom stereocenters. The molecule has 0 saturated heterocycles. The van der Waals surface area contributed by atoms with Crippen molar-refractivity contribution in [3.63, 3.8) is 0 Å². The van der Waals surface area contributed by atoms with Gasteiger partial charge < -0.3 is 4.74 Å². The highest BCUT2D eigenvalue weighted by atomic mass is 35.5. The summed E-state index contributed by atoms with van der Waals surface area (Å²) in [6.45, 7) is 0. The minimum Gasteiger partial charge on any atom is -0.497 e. The summed E-state index contributed by atoms with van der Waals surface area (Å²) in [5.74, 6) is 1.68. The van der Waals surface area contributed by atoms with Crippen molar-refractivity contribution in [1.29, 1.82) is 0 Å². The number of hydrogen-bond donors (Lipinski definition) is 0. The zero-order chi connectivity index (χ0) is 16.8. The van der Waals surface area contributed by atoms with Gasteiger partial charge in [-0.25, -0.2) is 5.01 Å². The minimum absolute atomic E-state index is 0.696. The first-order valence-corrected chi connectivity index (χ1v) is 8.06. The van der Waals surface area contributed by atoms with Crippen molar-refractivity contribution in [1.82, 2.24) is 9.78 Å². The first-order valence-electron chi connectivity index (χ1n) is 7.68. The monoisotopic (exact) mass is 340 g/mol. The number of halogens is 1. The Bertz CT molecular complexity index is 959. The first-order chi connectivity index (χ1) is 11.6. The lowest BCUT2D eigenvalue weighted by molar-refractivity contribution is 0.414. The Balaban J connectivity index is 1.82. The molecule has 2 aromatic carbocycles. The zero-order valence-electron chi connectivity index (χ0n) is 13.7. The molecule has 6 heteroatoms. The van der Waals surface area contributed by atoms with Crippen LogP contribution in [0.15, 0.2) is 41.5 Å². The van der Waals surface area contributed by atoms with Gasteiger partial charge in [0.05, 0.1) is 28.7 Å². The molecular weight excluding hydrogens is 324 g/mol. The fraction of sp³-hybridized carbons (Fsp3) is 0.222. The van der Waals surface area contributed by atoms with Crippen LogP contribution in [0.25, 0.3) is 10.9 Å². The van der Waals surface area contributed by atoms with Gasteiger partial charge in [0.15, 0.2) is 5.82 Å². The number of aromatic nitrogens is 2. The SMILES string of the molecule is COc1ccc(CC2=NN(C)c3nn(C)c4ccc(Cl)c2c34)cc1. The van der Waals surface area contributed by atoms with E-state index in [-0.39, 0.29) is 0 Å². The molecular formula is C18H17ClN4O. The quantitative estimate of drug-likeness (QED) is 0.731. The van der Waals surface area contributed by atoms with Crippen LogP contribution >= 0.6 is 11.6 Å². The molecule has 5 nitrogen and oxygen atoms in total. The van der Waals surface area contributed by atoms with Crippen molar-refractivity contribution in [3.8, 4) is 5.75 Å². The van der Waals surface area contributed by atoms with Crippen LogP contribution in [0, 0.1) is 0 Å². The summed E-state index contributed by atoms with van der Waals surface area (Å²) in [5, 5.41) is 12.9. The van der Waals surface area contributed by atoms with E-state index in [4.69, 9.17) is 21.4 Å². The molecule has 1 aliphatic rings. The van der Waals surface area contributed by atoms with Crippen molar-refractivity contribution in [2.24, 2.45) is 12.1 Å². The Morgan fingerprint density at radius 2 is 1.83 bits per heavy atom. The van der Waals surface area contributed by atoms with Gasteiger partial charge in [-0.2, -0.15) is 10.2 Å². The maximum absolute atomic E-state index is 6.52. The largest absolute Gasteiger partial charge is 0.497 e. The van der Waals surface area contributed by atoms with Crippen molar-refractivity contribution in [3.05, 3.63) is 52.5 Å². The summed E-state index contributed by atoms with van der Waals surface area (Å²) >= 11 is 6.52. The lowest BCUT2D eigenvalue weighted by atomic mass is 9.97. The molecule has 4 rings (SSSR count). The molecule has 0 fully saturated rings. The fourth-order valence-electron chi connectivity index (χ4n) is 3.16. The van der Waals surface area contributed by atoms with E-state index in [0.717, 1.165) is 39.3 Å². The number of aryl methyl sites for hydroxylation is 1. The second-order valence-corrected chi connectivity index (χ2v) is 6.27. The maximum atomic E-state index is 6.52. The molecule has 0 spiro atoms. The smallest absolute Gasteiger partial charge is 0.179 e. The van der Waals surface area contributed by atoms with Gasteiger partial charge in [0, 0.05) is 26.1 Å². The van der Waals surface area contributed by atoms with Crippen LogP contribution in [0.4, 0.5) is 5.82 Å². The van der Waals surface area contributed by atoms with Crippen molar-refractivity contribution in [2.45, 2.75) is 6.42 Å². The van der Waals surface area contributed by atoms with Crippen LogP contribution in [0.3, 0.4) is 0 Å². The number of nitrogens with zero attached hydrogens (tertiary/aromatic N) is 4. The molecule has 0 bridgehead atoms. The van der Waals surface area contributed by atoms with Gasteiger partial charge in [-0.1, -0.05) is 23.7 Å². The van der Waals surface area contributed by atoms with Gasteiger partial charge in [0.1, 0.15) is 5.75 Å². The summed E-state index contributed by atoms with van der Waals surface area (Å²) in [5.41, 5.74) is 4.13. The molecule has 24 heavy (non-hydrogen) atoms. The van der Waals surface area contributed by atoms with Crippen LogP contribution < -0.4 is 9.75 Å². The molecule has 1 aliphatic heterocycles. The molecule has 3 aromatic rings. The molecule has 1 aromatic heterocycles. The number of hydrazone groups is 1. The van der Waals surface area contributed by atoms with E-state index >= 15 is 0 Å². The third-order valence-corrected chi connectivity index (χ3v) is 4.66. The van der Waals surface area contributed by atoms with Crippen molar-refractivity contribution >= 4 is 34.0 Å². The molecule has 122 valence electrons. The van der Waals surface area contributed by atoms with Crippen LogP contribution in [-0.4, -0.2) is 29.6 Å². The first kappa shape index (κ1) is 15.0. The topological polar surface area (TPSA) is 42.6 Å². The molecule has 0 aliphatic carbocycles. The number of methoxy groups -OCH3 is 1. The van der Waals surface area contributed by atoms with Crippen LogP contribution in [0.5, 0.6) is 5.75 Å². The molecule has 0 N–H and O–H groups in total. The van der Waals surface area contributed by atoms with Gasteiger partial charge in [0.2, 0.25) is 0 Å². The Morgan fingerprint density at radius 1 is 1.08 bits per heavy atom. The van der Waals surface area contributed by atoms with Gasteiger partial charge in [0.25, 0.3) is 0 Å². The van der Waals surface area contributed by atoms with E-state index in [0.29, 0.717) is 11.4 Å². The van der Waals surface area contributed by atoms with Gasteiger partial charge in [-0.15, -0.1) is 0 Å². The predicted molar refractivity (Wildman–Crippen MR) is 97.4 cm³/mol. The lowest BCUT2D eigenvalue weighted by Gasteiger charge is -2.21. The normalized spacial score (nSPS) is 13.3. The number of benzene rings is 2. The third kappa shape index (κ3) is 2.24. The van der Waals surface area contributed by atoms with Crippen molar-refractivity contribution in [2.75, 3.05) is 19.2 Å². The van der Waals surface area contributed by atoms with E-state index < -0.39 is 0 Å². The summed E-state index contributed by atoms with van der Waals surface area (Å²) in [6.07, 6.45) is 0.696. The Kier molecular flexibility index (Phi) is 3.46.